The highest BCUT2D eigenvalue weighted by atomic mass is 16.5. The van der Waals surface area contributed by atoms with Gasteiger partial charge in [-0.3, -0.25) is 14.4 Å². The van der Waals surface area contributed by atoms with Gasteiger partial charge in [0, 0.05) is 38.7 Å². The van der Waals surface area contributed by atoms with Gasteiger partial charge < -0.3 is 14.5 Å². The van der Waals surface area contributed by atoms with E-state index in [0.29, 0.717) is 51.8 Å². The summed E-state index contributed by atoms with van der Waals surface area (Å²) in [4.78, 5) is 39.7. The van der Waals surface area contributed by atoms with Gasteiger partial charge in [-0.25, -0.2) is 0 Å². The molecule has 0 unspecified atom stereocenters. The SMILES string of the molecule is CCOC(=O)C1CCN(C(=O)CCCC(=O)N(C)c2ccccc2)CC1. The molecule has 0 bridgehead atoms. The van der Waals surface area contributed by atoms with Crippen molar-refractivity contribution in [3.8, 4) is 0 Å². The molecule has 142 valence electrons. The second-order valence-electron chi connectivity index (χ2n) is 6.55. The smallest absolute Gasteiger partial charge is 0.309 e. The molecule has 0 radical (unpaired) electrons. The van der Waals surface area contributed by atoms with Crippen LogP contribution in [0.4, 0.5) is 5.69 Å². The van der Waals surface area contributed by atoms with Gasteiger partial charge in [-0.15, -0.1) is 0 Å². The molecular formula is C20H28N2O4. The number of nitrogens with zero attached hydrogens (tertiary/aromatic N) is 2. The van der Waals surface area contributed by atoms with Crippen LogP contribution in [0, 0.1) is 5.92 Å². The number of carbonyl (C=O) groups is 3. The lowest BCUT2D eigenvalue weighted by Crippen LogP contribution is -2.40. The van der Waals surface area contributed by atoms with E-state index >= 15 is 0 Å². The predicted molar refractivity (Wildman–Crippen MR) is 99.6 cm³/mol. The molecule has 1 aliphatic heterocycles. The maximum atomic E-state index is 12.3. The minimum Gasteiger partial charge on any atom is -0.466 e. The van der Waals surface area contributed by atoms with Crippen LogP contribution >= 0.6 is 0 Å². The summed E-state index contributed by atoms with van der Waals surface area (Å²) in [5, 5.41) is 0. The van der Waals surface area contributed by atoms with E-state index in [1.807, 2.05) is 30.3 Å². The number of para-hydroxylation sites is 1. The van der Waals surface area contributed by atoms with Gasteiger partial charge in [0.05, 0.1) is 12.5 Å². The van der Waals surface area contributed by atoms with Crippen molar-refractivity contribution in [2.75, 3.05) is 31.6 Å². The fourth-order valence-electron chi connectivity index (χ4n) is 3.14. The molecule has 1 fully saturated rings. The van der Waals surface area contributed by atoms with Gasteiger partial charge in [-0.1, -0.05) is 18.2 Å². The van der Waals surface area contributed by atoms with Crippen molar-refractivity contribution in [3.05, 3.63) is 30.3 Å². The largest absolute Gasteiger partial charge is 0.466 e. The maximum Gasteiger partial charge on any atom is 0.309 e. The molecule has 1 saturated heterocycles. The fourth-order valence-corrected chi connectivity index (χ4v) is 3.14. The monoisotopic (exact) mass is 360 g/mol. The molecule has 1 aromatic carbocycles. The van der Waals surface area contributed by atoms with E-state index in [2.05, 4.69) is 0 Å². The van der Waals surface area contributed by atoms with Crippen molar-refractivity contribution >= 4 is 23.5 Å². The highest BCUT2D eigenvalue weighted by Gasteiger charge is 2.28. The highest BCUT2D eigenvalue weighted by molar-refractivity contribution is 5.93. The average Bonchev–Trinajstić information content (AvgIpc) is 2.68. The Morgan fingerprint density at radius 1 is 1.12 bits per heavy atom. The minimum absolute atomic E-state index is 0.00465. The second-order valence-corrected chi connectivity index (χ2v) is 6.55. The van der Waals surface area contributed by atoms with E-state index in [-0.39, 0.29) is 23.7 Å². The Morgan fingerprint density at radius 3 is 2.38 bits per heavy atom. The number of benzene rings is 1. The Morgan fingerprint density at radius 2 is 1.77 bits per heavy atom. The Labute approximate surface area is 155 Å². The zero-order valence-electron chi connectivity index (χ0n) is 15.6. The van der Waals surface area contributed by atoms with E-state index in [1.165, 1.54) is 0 Å². The molecule has 0 aromatic heterocycles. The van der Waals surface area contributed by atoms with Gasteiger partial charge in [-0.2, -0.15) is 0 Å². The van der Waals surface area contributed by atoms with E-state index in [9.17, 15) is 14.4 Å². The molecule has 6 heteroatoms. The molecule has 1 heterocycles. The summed E-state index contributed by atoms with van der Waals surface area (Å²) in [7, 11) is 1.75. The summed E-state index contributed by atoms with van der Waals surface area (Å²) in [6.07, 6.45) is 2.54. The molecule has 1 aromatic rings. The molecule has 1 aliphatic rings. The van der Waals surface area contributed by atoms with Crippen LogP contribution in [0.25, 0.3) is 0 Å². The van der Waals surface area contributed by atoms with Gasteiger partial charge in [0.25, 0.3) is 0 Å². The first-order valence-corrected chi connectivity index (χ1v) is 9.29. The number of hydrogen-bond acceptors (Lipinski definition) is 4. The summed E-state index contributed by atoms with van der Waals surface area (Å²) < 4.78 is 5.04. The summed E-state index contributed by atoms with van der Waals surface area (Å²) >= 11 is 0. The molecule has 0 atom stereocenters. The molecule has 0 saturated carbocycles. The van der Waals surface area contributed by atoms with Crippen molar-refractivity contribution in [2.24, 2.45) is 5.92 Å². The number of carbonyl (C=O) groups excluding carboxylic acids is 3. The van der Waals surface area contributed by atoms with E-state index in [4.69, 9.17) is 4.74 Å². The third-order valence-corrected chi connectivity index (χ3v) is 4.77. The average molecular weight is 360 g/mol. The summed E-state index contributed by atoms with van der Waals surface area (Å²) in [5.41, 5.74) is 0.852. The lowest BCUT2D eigenvalue weighted by molar-refractivity contribution is -0.151. The Balaban J connectivity index is 1.69. The number of amides is 2. The van der Waals surface area contributed by atoms with E-state index in [1.54, 1.807) is 23.8 Å². The molecule has 26 heavy (non-hydrogen) atoms. The molecular weight excluding hydrogens is 332 g/mol. The van der Waals surface area contributed by atoms with Crippen LogP contribution in [0.2, 0.25) is 0 Å². The Bertz CT molecular complexity index is 609. The normalized spacial score (nSPS) is 14.8. The second kappa shape index (κ2) is 9.94. The van der Waals surface area contributed by atoms with Gasteiger partial charge in [0.2, 0.25) is 11.8 Å². The van der Waals surface area contributed by atoms with Crippen molar-refractivity contribution in [1.29, 1.82) is 0 Å². The molecule has 0 spiro atoms. The van der Waals surface area contributed by atoms with E-state index in [0.717, 1.165) is 5.69 Å². The third kappa shape index (κ3) is 5.58. The Hall–Kier alpha value is -2.37. The lowest BCUT2D eigenvalue weighted by Gasteiger charge is -2.31. The molecule has 6 nitrogen and oxygen atoms in total. The van der Waals surface area contributed by atoms with Gasteiger partial charge in [0.1, 0.15) is 0 Å². The molecule has 2 amide bonds. The standard InChI is InChI=1S/C20H28N2O4/c1-3-26-20(25)16-12-14-22(15-13-16)19(24)11-7-10-18(23)21(2)17-8-5-4-6-9-17/h4-6,8-9,16H,3,7,10-15H2,1-2H3. The van der Waals surface area contributed by atoms with Crippen LogP contribution in [-0.2, 0) is 19.1 Å². The first-order chi connectivity index (χ1) is 12.5. The van der Waals surface area contributed by atoms with Crippen LogP contribution in [0.5, 0.6) is 0 Å². The lowest BCUT2D eigenvalue weighted by atomic mass is 9.96. The first-order valence-electron chi connectivity index (χ1n) is 9.29. The van der Waals surface area contributed by atoms with Crippen LogP contribution in [-0.4, -0.2) is 49.4 Å². The maximum absolute atomic E-state index is 12.3. The Kier molecular flexibility index (Phi) is 7.63. The number of hydrogen-bond donors (Lipinski definition) is 0. The molecule has 0 N–H and O–H groups in total. The van der Waals surface area contributed by atoms with Crippen molar-refractivity contribution in [2.45, 2.75) is 39.0 Å². The summed E-state index contributed by atoms with van der Waals surface area (Å²) in [6.45, 7) is 3.36. The summed E-state index contributed by atoms with van der Waals surface area (Å²) in [6, 6.07) is 9.46. The zero-order chi connectivity index (χ0) is 18.9. The number of anilines is 1. The topological polar surface area (TPSA) is 66.9 Å². The number of piperidine rings is 1. The van der Waals surface area contributed by atoms with E-state index < -0.39 is 0 Å². The minimum atomic E-state index is -0.158. The predicted octanol–water partition coefficient (Wildman–Crippen LogP) is 2.62. The quantitative estimate of drug-likeness (QED) is 0.701. The van der Waals surface area contributed by atoms with Gasteiger partial charge in [-0.05, 0) is 38.3 Å². The highest BCUT2D eigenvalue weighted by Crippen LogP contribution is 2.20. The van der Waals surface area contributed by atoms with Gasteiger partial charge >= 0.3 is 5.97 Å². The summed E-state index contributed by atoms with van der Waals surface area (Å²) in [5.74, 6) is -0.193. The fraction of sp³-hybridized carbons (Fsp3) is 0.550. The van der Waals surface area contributed by atoms with Crippen molar-refractivity contribution < 1.29 is 19.1 Å². The molecule has 0 aliphatic carbocycles. The number of rotatable bonds is 7. The zero-order valence-corrected chi connectivity index (χ0v) is 15.6. The van der Waals surface area contributed by atoms with Crippen molar-refractivity contribution in [3.63, 3.8) is 0 Å². The van der Waals surface area contributed by atoms with Crippen LogP contribution in [0.3, 0.4) is 0 Å². The number of esters is 1. The number of ether oxygens (including phenoxy) is 1. The third-order valence-electron chi connectivity index (χ3n) is 4.77. The first kappa shape index (κ1) is 19.9. The van der Waals surface area contributed by atoms with Crippen LogP contribution in [0.15, 0.2) is 30.3 Å². The van der Waals surface area contributed by atoms with Gasteiger partial charge in [0.15, 0.2) is 0 Å². The van der Waals surface area contributed by atoms with Crippen molar-refractivity contribution in [1.82, 2.24) is 4.90 Å². The number of likely N-dealkylation sites (tertiary alicyclic amines) is 1. The molecule has 2 rings (SSSR count). The van der Waals surface area contributed by atoms with Crippen LogP contribution < -0.4 is 4.90 Å². The van der Waals surface area contributed by atoms with Crippen LogP contribution in [0.1, 0.15) is 39.0 Å².